The van der Waals surface area contributed by atoms with Crippen LogP contribution < -0.4 is 5.32 Å². The number of carboxylic acid groups (broad SMARTS) is 1. The number of fused-ring (bicyclic) bond motifs is 5. The quantitative estimate of drug-likeness (QED) is 0.365. The summed E-state index contributed by atoms with van der Waals surface area (Å²) >= 11 is 0. The smallest absolute Gasteiger partial charge is 0.407 e. The number of amides is 2. The van der Waals surface area contributed by atoms with Crippen LogP contribution in [0.5, 0.6) is 0 Å². The number of carboxylic acids is 1. The standard InChI is InChI=1S/C33H32N2O7/c36-30(41-18-20-8-2-1-3-9-20)17-28(31(37)35-21-14-15-29(35)26(16-21)32(38)39)34-33(40)42-19-27-24-12-6-4-10-22(24)23-11-5-7-13-25(23)27/h1-13,21,26-29H,14-19H2,(H,34,40)(H,38,39)/t21-,26+,28+,29+/m1/s1. The zero-order chi connectivity index (χ0) is 29.2. The number of carbonyl (C=O) groups excluding carboxylic acids is 3. The summed E-state index contributed by atoms with van der Waals surface area (Å²) in [5, 5.41) is 12.3. The summed E-state index contributed by atoms with van der Waals surface area (Å²) in [5.41, 5.74) is 5.08. The summed E-state index contributed by atoms with van der Waals surface area (Å²) in [6, 6.07) is 23.1. The second-order valence-corrected chi connectivity index (χ2v) is 11.1. The maximum absolute atomic E-state index is 13.8. The van der Waals surface area contributed by atoms with Crippen molar-refractivity contribution in [1.82, 2.24) is 10.2 Å². The minimum atomic E-state index is -1.25. The fourth-order valence-corrected chi connectivity index (χ4v) is 6.72. The Morgan fingerprint density at radius 1 is 0.857 bits per heavy atom. The molecule has 6 rings (SSSR count). The second kappa shape index (κ2) is 11.7. The maximum Gasteiger partial charge on any atom is 0.407 e. The largest absolute Gasteiger partial charge is 0.481 e. The Bertz CT molecular complexity index is 1460. The average Bonchev–Trinajstić information content (AvgIpc) is 3.69. The molecule has 0 aromatic heterocycles. The van der Waals surface area contributed by atoms with Crippen molar-refractivity contribution in [3.8, 4) is 11.1 Å². The van der Waals surface area contributed by atoms with Crippen molar-refractivity contribution in [3.63, 3.8) is 0 Å². The first-order valence-corrected chi connectivity index (χ1v) is 14.3. The number of esters is 1. The van der Waals surface area contributed by atoms with Gasteiger partial charge in [-0.1, -0.05) is 78.9 Å². The van der Waals surface area contributed by atoms with Gasteiger partial charge in [0.1, 0.15) is 19.3 Å². The number of carbonyl (C=O) groups is 4. The van der Waals surface area contributed by atoms with Crippen LogP contribution in [0.2, 0.25) is 0 Å². The van der Waals surface area contributed by atoms with Crippen LogP contribution in [0.15, 0.2) is 78.9 Å². The molecule has 9 heteroatoms. The van der Waals surface area contributed by atoms with E-state index in [0.717, 1.165) is 27.8 Å². The lowest BCUT2D eigenvalue weighted by atomic mass is 9.89. The van der Waals surface area contributed by atoms with Crippen LogP contribution >= 0.6 is 0 Å². The molecular formula is C33H32N2O7. The zero-order valence-corrected chi connectivity index (χ0v) is 23.0. The molecule has 0 saturated carbocycles. The molecule has 0 unspecified atom stereocenters. The average molecular weight is 569 g/mol. The first kappa shape index (κ1) is 27.5. The number of nitrogens with one attached hydrogen (secondary N) is 1. The number of hydrogen-bond donors (Lipinski definition) is 2. The molecule has 1 aliphatic carbocycles. The van der Waals surface area contributed by atoms with Crippen LogP contribution in [-0.2, 0) is 30.5 Å². The van der Waals surface area contributed by atoms with E-state index in [0.29, 0.717) is 19.3 Å². The van der Waals surface area contributed by atoms with E-state index in [2.05, 4.69) is 5.32 Å². The Hall–Kier alpha value is -4.66. The predicted molar refractivity (Wildman–Crippen MR) is 152 cm³/mol. The van der Waals surface area contributed by atoms with E-state index in [4.69, 9.17) is 9.47 Å². The molecule has 3 aromatic rings. The number of benzene rings is 3. The minimum absolute atomic E-state index is 0.0293. The normalized spacial score (nSPS) is 20.9. The first-order chi connectivity index (χ1) is 20.4. The van der Waals surface area contributed by atoms with Gasteiger partial charge in [-0.2, -0.15) is 0 Å². The Balaban J connectivity index is 1.15. The molecule has 3 aromatic carbocycles. The SMILES string of the molecule is O=C(C[C@H](NC(=O)OCC1c2ccccc2-c2ccccc21)C(=O)N1[C@@H]2CC[C@H]1[C@@H](C(=O)O)C2)OCc1ccccc1. The van der Waals surface area contributed by atoms with E-state index in [1.54, 1.807) is 4.90 Å². The van der Waals surface area contributed by atoms with Crippen LogP contribution in [0, 0.1) is 5.92 Å². The molecule has 2 heterocycles. The van der Waals surface area contributed by atoms with Crippen molar-refractivity contribution in [1.29, 1.82) is 0 Å². The Morgan fingerprint density at radius 3 is 2.14 bits per heavy atom. The Kier molecular flexibility index (Phi) is 7.65. The number of hydrogen-bond acceptors (Lipinski definition) is 6. The molecule has 42 heavy (non-hydrogen) atoms. The molecule has 2 bridgehead atoms. The highest BCUT2D eigenvalue weighted by Crippen LogP contribution is 2.45. The molecule has 2 fully saturated rings. The lowest BCUT2D eigenvalue weighted by Gasteiger charge is -2.28. The van der Waals surface area contributed by atoms with Crippen molar-refractivity contribution < 1.29 is 33.8 Å². The number of ether oxygens (including phenoxy) is 2. The van der Waals surface area contributed by atoms with Crippen molar-refractivity contribution in [2.45, 2.75) is 56.3 Å². The Morgan fingerprint density at radius 2 is 1.50 bits per heavy atom. The van der Waals surface area contributed by atoms with E-state index in [1.807, 2.05) is 78.9 Å². The van der Waals surface area contributed by atoms with Gasteiger partial charge in [0.25, 0.3) is 0 Å². The summed E-state index contributed by atoms with van der Waals surface area (Å²) in [4.78, 5) is 53.1. The third kappa shape index (κ3) is 5.34. The van der Waals surface area contributed by atoms with Crippen molar-refractivity contribution in [2.75, 3.05) is 6.61 Å². The summed E-state index contributed by atoms with van der Waals surface area (Å²) in [6.07, 6.45) is 0.401. The van der Waals surface area contributed by atoms with Crippen LogP contribution in [0.4, 0.5) is 4.79 Å². The number of rotatable bonds is 9. The van der Waals surface area contributed by atoms with Gasteiger partial charge in [-0.05, 0) is 47.1 Å². The summed E-state index contributed by atoms with van der Waals surface area (Å²) < 4.78 is 11.1. The number of alkyl carbamates (subject to hydrolysis) is 1. The van der Waals surface area contributed by atoms with Gasteiger partial charge >= 0.3 is 18.0 Å². The highest BCUT2D eigenvalue weighted by molar-refractivity contribution is 5.91. The Labute approximate surface area is 243 Å². The molecule has 3 aliphatic rings. The van der Waals surface area contributed by atoms with Crippen LogP contribution in [-0.4, -0.2) is 58.7 Å². The molecule has 2 amide bonds. The van der Waals surface area contributed by atoms with E-state index in [1.165, 1.54) is 0 Å². The monoisotopic (exact) mass is 568 g/mol. The van der Waals surface area contributed by atoms with Gasteiger partial charge in [-0.3, -0.25) is 14.4 Å². The van der Waals surface area contributed by atoms with Gasteiger partial charge in [0, 0.05) is 18.0 Å². The third-order valence-corrected chi connectivity index (χ3v) is 8.66. The lowest BCUT2D eigenvalue weighted by Crippen LogP contribution is -2.52. The molecule has 2 aliphatic heterocycles. The maximum atomic E-state index is 13.8. The van der Waals surface area contributed by atoms with E-state index in [-0.39, 0.29) is 25.2 Å². The van der Waals surface area contributed by atoms with Gasteiger partial charge < -0.3 is 24.8 Å². The molecule has 216 valence electrons. The molecule has 0 radical (unpaired) electrons. The minimum Gasteiger partial charge on any atom is -0.481 e. The van der Waals surface area contributed by atoms with Crippen LogP contribution in [0.25, 0.3) is 11.1 Å². The van der Waals surface area contributed by atoms with Gasteiger partial charge in [0.2, 0.25) is 5.91 Å². The lowest BCUT2D eigenvalue weighted by molar-refractivity contribution is -0.149. The van der Waals surface area contributed by atoms with Crippen LogP contribution in [0.3, 0.4) is 0 Å². The molecule has 4 atom stereocenters. The fraction of sp³-hybridized carbons (Fsp3) is 0.333. The summed E-state index contributed by atoms with van der Waals surface area (Å²) in [7, 11) is 0. The second-order valence-electron chi connectivity index (χ2n) is 11.1. The van der Waals surface area contributed by atoms with E-state index in [9.17, 15) is 24.3 Å². The number of aliphatic carboxylic acids is 1. The molecule has 2 N–H and O–H groups in total. The summed E-state index contributed by atoms with van der Waals surface area (Å²) in [5.74, 6) is -2.91. The highest BCUT2D eigenvalue weighted by atomic mass is 16.5. The van der Waals surface area contributed by atoms with Crippen molar-refractivity contribution in [2.24, 2.45) is 5.92 Å². The highest BCUT2D eigenvalue weighted by Gasteiger charge is 2.52. The van der Waals surface area contributed by atoms with Gasteiger partial charge in [-0.15, -0.1) is 0 Å². The first-order valence-electron chi connectivity index (χ1n) is 14.3. The topological polar surface area (TPSA) is 122 Å². The number of nitrogens with zero attached hydrogens (tertiary/aromatic N) is 1. The predicted octanol–water partition coefficient (Wildman–Crippen LogP) is 4.49. The molecule has 9 nitrogen and oxygen atoms in total. The van der Waals surface area contributed by atoms with E-state index < -0.39 is 48.4 Å². The van der Waals surface area contributed by atoms with Crippen LogP contribution in [0.1, 0.15) is 48.3 Å². The third-order valence-electron chi connectivity index (χ3n) is 8.66. The fourth-order valence-electron chi connectivity index (χ4n) is 6.72. The van der Waals surface area contributed by atoms with Gasteiger partial charge in [-0.25, -0.2) is 4.79 Å². The zero-order valence-electron chi connectivity index (χ0n) is 23.0. The molecule has 2 saturated heterocycles. The van der Waals surface area contributed by atoms with Crippen molar-refractivity contribution in [3.05, 3.63) is 95.6 Å². The summed E-state index contributed by atoms with van der Waals surface area (Å²) in [6.45, 7) is 0.0802. The van der Waals surface area contributed by atoms with E-state index >= 15 is 0 Å². The van der Waals surface area contributed by atoms with Gasteiger partial charge in [0.15, 0.2) is 0 Å². The molecule has 0 spiro atoms. The molecular weight excluding hydrogens is 536 g/mol. The van der Waals surface area contributed by atoms with Gasteiger partial charge in [0.05, 0.1) is 12.3 Å². The van der Waals surface area contributed by atoms with Crippen molar-refractivity contribution >= 4 is 23.9 Å².